The van der Waals surface area contributed by atoms with Gasteiger partial charge in [-0.15, -0.1) is 0 Å². The summed E-state index contributed by atoms with van der Waals surface area (Å²) in [5, 5.41) is 2.88. The number of ether oxygens (including phenoxy) is 1. The Labute approximate surface area is 121 Å². The first-order chi connectivity index (χ1) is 9.23. The summed E-state index contributed by atoms with van der Waals surface area (Å²) in [6.07, 6.45) is 0.859. The van der Waals surface area contributed by atoms with Crippen LogP contribution in [-0.2, 0) is 0 Å². The average Bonchev–Trinajstić information content (AvgIpc) is 2.33. The van der Waals surface area contributed by atoms with E-state index >= 15 is 0 Å². The first-order valence-corrected chi connectivity index (χ1v) is 6.91. The second kappa shape index (κ2) is 6.75. The molecule has 1 rings (SSSR count). The number of nitrogens with two attached hydrogens (primary N) is 1. The summed E-state index contributed by atoms with van der Waals surface area (Å²) in [6, 6.07) is 5.50. The number of aryl methyl sites for hydroxylation is 1. The number of hydrogen-bond acceptors (Lipinski definition) is 3. The van der Waals surface area contributed by atoms with Crippen LogP contribution < -0.4 is 15.8 Å². The number of carbonyl (C=O) groups is 1. The predicted molar refractivity (Wildman–Crippen MR) is 82.1 cm³/mol. The Bertz CT molecular complexity index is 464. The number of methoxy groups -OCH3 is 1. The molecule has 0 bridgehead atoms. The molecule has 1 atom stereocenters. The third-order valence-corrected chi connectivity index (χ3v) is 3.00. The topological polar surface area (TPSA) is 64.3 Å². The van der Waals surface area contributed by atoms with Crippen molar-refractivity contribution in [1.82, 2.24) is 5.32 Å². The van der Waals surface area contributed by atoms with Gasteiger partial charge in [0.05, 0.1) is 12.7 Å². The third kappa shape index (κ3) is 5.21. The highest BCUT2D eigenvalue weighted by atomic mass is 16.5. The highest BCUT2D eigenvalue weighted by Gasteiger charge is 2.17. The second-order valence-electron chi connectivity index (χ2n) is 6.44. The monoisotopic (exact) mass is 278 g/mol. The zero-order chi connectivity index (χ0) is 15.3. The molecule has 0 spiro atoms. The van der Waals surface area contributed by atoms with Crippen LogP contribution in [0, 0.1) is 12.3 Å². The first-order valence-electron chi connectivity index (χ1n) is 6.91. The van der Waals surface area contributed by atoms with E-state index in [9.17, 15) is 4.79 Å². The number of amides is 1. The summed E-state index contributed by atoms with van der Waals surface area (Å²) in [5.74, 6) is 0.437. The highest BCUT2D eigenvalue weighted by molar-refractivity contribution is 5.97. The van der Waals surface area contributed by atoms with Gasteiger partial charge in [-0.1, -0.05) is 32.4 Å². The fourth-order valence-electron chi connectivity index (χ4n) is 2.18. The van der Waals surface area contributed by atoms with E-state index in [1.54, 1.807) is 13.2 Å². The molecule has 0 aliphatic heterocycles. The van der Waals surface area contributed by atoms with Gasteiger partial charge in [0.15, 0.2) is 0 Å². The van der Waals surface area contributed by atoms with Gasteiger partial charge in [0.25, 0.3) is 5.91 Å². The van der Waals surface area contributed by atoms with Crippen LogP contribution in [0.4, 0.5) is 0 Å². The minimum absolute atomic E-state index is 0.0465. The predicted octanol–water partition coefficient (Wildman–Crippen LogP) is 2.50. The van der Waals surface area contributed by atoms with E-state index in [2.05, 4.69) is 26.1 Å². The number of hydrogen-bond donors (Lipinski definition) is 2. The van der Waals surface area contributed by atoms with Crippen molar-refractivity contribution in [2.75, 3.05) is 13.7 Å². The van der Waals surface area contributed by atoms with Gasteiger partial charge in [-0.25, -0.2) is 0 Å². The highest BCUT2D eigenvalue weighted by Crippen LogP contribution is 2.21. The van der Waals surface area contributed by atoms with Gasteiger partial charge in [-0.05, 0) is 30.9 Å². The Morgan fingerprint density at radius 1 is 1.40 bits per heavy atom. The molecular weight excluding hydrogens is 252 g/mol. The molecule has 0 radical (unpaired) electrons. The molecule has 0 aliphatic carbocycles. The average molecular weight is 278 g/mol. The first kappa shape index (κ1) is 16.5. The quantitative estimate of drug-likeness (QED) is 0.869. The Morgan fingerprint density at radius 2 is 2.05 bits per heavy atom. The Hall–Kier alpha value is -1.55. The van der Waals surface area contributed by atoms with Crippen molar-refractivity contribution >= 4 is 5.91 Å². The number of rotatable bonds is 5. The smallest absolute Gasteiger partial charge is 0.255 e. The molecule has 4 nitrogen and oxygen atoms in total. The number of carbonyl (C=O) groups excluding carboxylic acids is 1. The van der Waals surface area contributed by atoms with E-state index in [0.29, 0.717) is 17.9 Å². The molecule has 1 unspecified atom stereocenters. The van der Waals surface area contributed by atoms with Crippen LogP contribution in [0.2, 0.25) is 0 Å². The molecule has 3 N–H and O–H groups in total. The lowest BCUT2D eigenvalue weighted by atomic mass is 9.88. The molecule has 0 aliphatic rings. The van der Waals surface area contributed by atoms with Crippen molar-refractivity contribution in [2.24, 2.45) is 11.1 Å². The minimum Gasteiger partial charge on any atom is -0.496 e. The van der Waals surface area contributed by atoms with Crippen LogP contribution in [0.5, 0.6) is 5.75 Å². The molecule has 1 amide bonds. The molecule has 1 aromatic carbocycles. The van der Waals surface area contributed by atoms with E-state index in [0.717, 1.165) is 12.0 Å². The van der Waals surface area contributed by atoms with Gasteiger partial charge < -0.3 is 15.8 Å². The van der Waals surface area contributed by atoms with E-state index in [1.807, 2.05) is 19.1 Å². The summed E-state index contributed by atoms with van der Waals surface area (Å²) < 4.78 is 5.22. The summed E-state index contributed by atoms with van der Waals surface area (Å²) >= 11 is 0. The molecule has 20 heavy (non-hydrogen) atoms. The maximum absolute atomic E-state index is 12.2. The van der Waals surface area contributed by atoms with Crippen LogP contribution in [0.15, 0.2) is 18.2 Å². The van der Waals surface area contributed by atoms with Crippen LogP contribution in [0.1, 0.15) is 43.1 Å². The summed E-state index contributed by atoms with van der Waals surface area (Å²) in [7, 11) is 1.56. The van der Waals surface area contributed by atoms with Gasteiger partial charge >= 0.3 is 0 Å². The van der Waals surface area contributed by atoms with Gasteiger partial charge in [0.2, 0.25) is 0 Å². The lowest BCUT2D eigenvalue weighted by Gasteiger charge is -2.23. The van der Waals surface area contributed by atoms with Crippen molar-refractivity contribution in [3.63, 3.8) is 0 Å². The van der Waals surface area contributed by atoms with E-state index in [4.69, 9.17) is 10.5 Å². The van der Waals surface area contributed by atoms with Gasteiger partial charge in [-0.3, -0.25) is 4.79 Å². The molecule has 0 fully saturated rings. The maximum Gasteiger partial charge on any atom is 0.255 e. The summed E-state index contributed by atoms with van der Waals surface area (Å²) in [6.45, 7) is 8.82. The molecule has 112 valence electrons. The molecular formula is C16H26N2O2. The number of nitrogens with one attached hydrogen (secondary N) is 1. The lowest BCUT2D eigenvalue weighted by Crippen LogP contribution is -2.39. The van der Waals surface area contributed by atoms with Crippen molar-refractivity contribution < 1.29 is 9.53 Å². The lowest BCUT2D eigenvalue weighted by molar-refractivity contribution is 0.0945. The van der Waals surface area contributed by atoms with Crippen molar-refractivity contribution in [2.45, 2.75) is 40.2 Å². The maximum atomic E-state index is 12.2. The molecule has 4 heteroatoms. The van der Waals surface area contributed by atoms with Crippen LogP contribution >= 0.6 is 0 Å². The minimum atomic E-state index is -0.144. The van der Waals surface area contributed by atoms with Crippen molar-refractivity contribution in [3.05, 3.63) is 29.3 Å². The van der Waals surface area contributed by atoms with Crippen LogP contribution in [-0.4, -0.2) is 25.6 Å². The fourth-order valence-corrected chi connectivity index (χ4v) is 2.18. The fraction of sp³-hybridized carbons (Fsp3) is 0.562. The Balaban J connectivity index is 2.65. The Kier molecular flexibility index (Phi) is 5.57. The van der Waals surface area contributed by atoms with Gasteiger partial charge in [-0.2, -0.15) is 0 Å². The zero-order valence-electron chi connectivity index (χ0n) is 13.1. The van der Waals surface area contributed by atoms with Crippen molar-refractivity contribution in [1.29, 1.82) is 0 Å². The zero-order valence-corrected chi connectivity index (χ0v) is 13.1. The Morgan fingerprint density at radius 3 is 2.60 bits per heavy atom. The van der Waals surface area contributed by atoms with Gasteiger partial charge in [0, 0.05) is 12.6 Å². The number of benzene rings is 1. The molecule has 0 saturated heterocycles. The molecule has 0 saturated carbocycles. The van der Waals surface area contributed by atoms with E-state index in [1.165, 1.54) is 0 Å². The third-order valence-electron chi connectivity index (χ3n) is 3.00. The SMILES string of the molecule is COc1ccc(C)cc1C(=O)NCC(N)CC(C)(C)C. The molecule has 0 aromatic heterocycles. The molecule has 0 heterocycles. The van der Waals surface area contributed by atoms with Crippen molar-refractivity contribution in [3.8, 4) is 5.75 Å². The van der Waals surface area contributed by atoms with Crippen LogP contribution in [0.25, 0.3) is 0 Å². The summed E-state index contributed by atoms with van der Waals surface area (Å²) in [4.78, 5) is 12.2. The second-order valence-corrected chi connectivity index (χ2v) is 6.44. The van der Waals surface area contributed by atoms with Crippen LogP contribution in [0.3, 0.4) is 0 Å². The summed E-state index contributed by atoms with van der Waals surface area (Å²) in [5.41, 5.74) is 7.77. The van der Waals surface area contributed by atoms with E-state index in [-0.39, 0.29) is 17.4 Å². The normalized spacial score (nSPS) is 12.9. The van der Waals surface area contributed by atoms with Gasteiger partial charge in [0.1, 0.15) is 5.75 Å². The molecule has 1 aromatic rings. The largest absolute Gasteiger partial charge is 0.496 e. The van der Waals surface area contributed by atoms with E-state index < -0.39 is 0 Å². The standard InChI is InChI=1S/C16H26N2O2/c1-11-6-7-14(20-5)13(8-11)15(19)18-10-12(17)9-16(2,3)4/h6-8,12H,9-10,17H2,1-5H3,(H,18,19).